The van der Waals surface area contributed by atoms with E-state index < -0.39 is 0 Å². The predicted octanol–water partition coefficient (Wildman–Crippen LogP) is 8.68. The van der Waals surface area contributed by atoms with Crippen LogP contribution in [0.3, 0.4) is 0 Å². The molecule has 0 amide bonds. The van der Waals surface area contributed by atoms with Gasteiger partial charge in [0.2, 0.25) is 0 Å². The zero-order valence-electron chi connectivity index (χ0n) is 16.0. The lowest BCUT2D eigenvalue weighted by atomic mass is 10.1. The highest BCUT2D eigenvalue weighted by Crippen LogP contribution is 2.09. The van der Waals surface area contributed by atoms with Gasteiger partial charge in [0, 0.05) is 0 Å². The summed E-state index contributed by atoms with van der Waals surface area (Å²) in [6, 6.07) is 0. The average molecular weight is 299 g/mol. The molecule has 130 valence electrons. The van der Waals surface area contributed by atoms with Gasteiger partial charge >= 0.3 is 0 Å². The number of unbranched alkanes of at least 4 members (excludes halogenated alkanes) is 15. The number of hydrogen-bond acceptors (Lipinski definition) is 0. The highest BCUT2D eigenvalue weighted by atomic mass is 14.0. The van der Waals surface area contributed by atoms with E-state index >= 15 is 0 Å². The molecule has 0 aliphatic rings. The van der Waals surface area contributed by atoms with E-state index in [-0.39, 0.29) is 0 Å². The molecule has 0 bridgehead atoms. The summed E-state index contributed by atoms with van der Waals surface area (Å²) in [6.45, 7) is 9.09. The standard InChI is InChI=1S/C11H24.C10H22/c1-3-5-7-9-11-10-8-6-4-2;1-3-5-7-9-10-8-6-4-2/h3-11H2,1-2H3;3-10H2,1-2H3. The molecule has 0 aliphatic carbocycles. The van der Waals surface area contributed by atoms with Crippen LogP contribution in [0.1, 0.15) is 137 Å². The molecule has 0 fully saturated rings. The maximum absolute atomic E-state index is 2.27. The minimum Gasteiger partial charge on any atom is -0.0654 e. The molecule has 0 spiro atoms. The van der Waals surface area contributed by atoms with Crippen LogP contribution in [0, 0.1) is 0 Å². The Morgan fingerprint density at radius 2 is 0.381 bits per heavy atom. The predicted molar refractivity (Wildman–Crippen MR) is 101 cm³/mol. The quantitative estimate of drug-likeness (QED) is 0.265. The normalized spacial score (nSPS) is 10.3. The lowest BCUT2D eigenvalue weighted by Crippen LogP contribution is -1.79. The number of hydrogen-bond donors (Lipinski definition) is 0. The van der Waals surface area contributed by atoms with Gasteiger partial charge in [-0.05, 0) is 0 Å². The van der Waals surface area contributed by atoms with Crippen LogP contribution in [0.15, 0.2) is 0 Å². The molecule has 0 heteroatoms. The van der Waals surface area contributed by atoms with Crippen molar-refractivity contribution in [3.05, 3.63) is 0 Å². The van der Waals surface area contributed by atoms with E-state index in [1.807, 2.05) is 0 Å². The van der Waals surface area contributed by atoms with Crippen molar-refractivity contribution in [3.63, 3.8) is 0 Å². The highest BCUT2D eigenvalue weighted by molar-refractivity contribution is 4.45. The van der Waals surface area contributed by atoms with Gasteiger partial charge in [-0.1, -0.05) is 137 Å². The lowest BCUT2D eigenvalue weighted by Gasteiger charge is -1.98. The van der Waals surface area contributed by atoms with Gasteiger partial charge in [0.1, 0.15) is 0 Å². The van der Waals surface area contributed by atoms with Gasteiger partial charge in [-0.25, -0.2) is 0 Å². The molecule has 0 saturated heterocycles. The van der Waals surface area contributed by atoms with Gasteiger partial charge < -0.3 is 0 Å². The third-order valence-electron chi connectivity index (χ3n) is 4.16. The molecule has 21 heavy (non-hydrogen) atoms. The molecule has 0 aromatic rings. The Balaban J connectivity index is 0. The van der Waals surface area contributed by atoms with Crippen LogP contribution in [0.2, 0.25) is 0 Å². The van der Waals surface area contributed by atoms with E-state index in [4.69, 9.17) is 0 Å². The Kier molecular flexibility index (Phi) is 27.7. The van der Waals surface area contributed by atoms with E-state index in [1.54, 1.807) is 0 Å². The molecule has 0 atom stereocenters. The summed E-state index contributed by atoms with van der Waals surface area (Å²) in [5, 5.41) is 0. The van der Waals surface area contributed by atoms with Crippen molar-refractivity contribution in [1.82, 2.24) is 0 Å². The molecular formula is C21H46. The summed E-state index contributed by atoms with van der Waals surface area (Å²) in [6.07, 6.45) is 24.4. The summed E-state index contributed by atoms with van der Waals surface area (Å²) in [4.78, 5) is 0. The Hall–Kier alpha value is 0. The summed E-state index contributed by atoms with van der Waals surface area (Å²) < 4.78 is 0. The Morgan fingerprint density at radius 1 is 0.238 bits per heavy atom. The van der Waals surface area contributed by atoms with E-state index in [9.17, 15) is 0 Å². The smallest absolute Gasteiger partial charge is 0.0533 e. The molecular weight excluding hydrogens is 252 g/mol. The lowest BCUT2D eigenvalue weighted by molar-refractivity contribution is 0.572. The van der Waals surface area contributed by atoms with Crippen LogP contribution in [-0.4, -0.2) is 0 Å². The largest absolute Gasteiger partial charge is 0.0654 e. The van der Waals surface area contributed by atoms with Crippen LogP contribution in [0.4, 0.5) is 0 Å². The van der Waals surface area contributed by atoms with Gasteiger partial charge in [0.15, 0.2) is 0 Å². The number of rotatable bonds is 15. The van der Waals surface area contributed by atoms with Crippen LogP contribution in [0.5, 0.6) is 0 Å². The topological polar surface area (TPSA) is 0 Å². The zero-order valence-corrected chi connectivity index (χ0v) is 16.0. The fourth-order valence-electron chi connectivity index (χ4n) is 2.59. The fourth-order valence-corrected chi connectivity index (χ4v) is 2.59. The molecule has 0 saturated carbocycles. The Bertz CT molecular complexity index is 123. The van der Waals surface area contributed by atoms with Crippen LogP contribution in [0.25, 0.3) is 0 Å². The molecule has 0 unspecified atom stereocenters. The molecule has 0 nitrogen and oxygen atoms in total. The molecule has 0 aliphatic heterocycles. The zero-order chi connectivity index (χ0) is 16.0. The molecule has 0 aromatic carbocycles. The van der Waals surface area contributed by atoms with E-state index in [1.165, 1.54) is 109 Å². The first-order chi connectivity index (χ1) is 10.3. The third-order valence-corrected chi connectivity index (χ3v) is 4.16. The van der Waals surface area contributed by atoms with E-state index in [0.29, 0.717) is 0 Å². The van der Waals surface area contributed by atoms with Gasteiger partial charge in [-0.2, -0.15) is 0 Å². The van der Waals surface area contributed by atoms with E-state index in [2.05, 4.69) is 27.7 Å². The second-order valence-corrected chi connectivity index (χ2v) is 6.60. The Labute approximate surface area is 137 Å². The fraction of sp³-hybridized carbons (Fsp3) is 1.00. The van der Waals surface area contributed by atoms with E-state index in [0.717, 1.165) is 0 Å². The second-order valence-electron chi connectivity index (χ2n) is 6.60. The SMILES string of the molecule is CCCCCCCCCC.CCCCCCCCCCC. The van der Waals surface area contributed by atoms with Crippen LogP contribution >= 0.6 is 0 Å². The summed E-state index contributed by atoms with van der Waals surface area (Å²) in [7, 11) is 0. The van der Waals surface area contributed by atoms with Crippen molar-refractivity contribution in [3.8, 4) is 0 Å². The molecule has 0 N–H and O–H groups in total. The third kappa shape index (κ3) is 28.8. The summed E-state index contributed by atoms with van der Waals surface area (Å²) in [5.41, 5.74) is 0. The van der Waals surface area contributed by atoms with Crippen molar-refractivity contribution < 1.29 is 0 Å². The first-order valence-electron chi connectivity index (χ1n) is 10.3. The second kappa shape index (κ2) is 25.0. The summed E-state index contributed by atoms with van der Waals surface area (Å²) in [5.74, 6) is 0. The van der Waals surface area contributed by atoms with Gasteiger partial charge in [-0.3, -0.25) is 0 Å². The first-order valence-corrected chi connectivity index (χ1v) is 10.3. The minimum absolute atomic E-state index is 1.37. The maximum Gasteiger partial charge on any atom is -0.0533 e. The van der Waals surface area contributed by atoms with Crippen LogP contribution < -0.4 is 0 Å². The highest BCUT2D eigenvalue weighted by Gasteiger charge is 1.89. The van der Waals surface area contributed by atoms with Crippen molar-refractivity contribution in [2.45, 2.75) is 137 Å². The van der Waals surface area contributed by atoms with Gasteiger partial charge in [0.25, 0.3) is 0 Å². The van der Waals surface area contributed by atoms with Crippen LogP contribution in [-0.2, 0) is 0 Å². The molecule has 0 radical (unpaired) electrons. The van der Waals surface area contributed by atoms with Crippen molar-refractivity contribution in [1.29, 1.82) is 0 Å². The van der Waals surface area contributed by atoms with Gasteiger partial charge in [0.05, 0.1) is 0 Å². The van der Waals surface area contributed by atoms with Crippen molar-refractivity contribution >= 4 is 0 Å². The minimum atomic E-state index is 1.37. The van der Waals surface area contributed by atoms with Gasteiger partial charge in [-0.15, -0.1) is 0 Å². The molecule has 0 aromatic heterocycles. The van der Waals surface area contributed by atoms with Crippen molar-refractivity contribution in [2.75, 3.05) is 0 Å². The van der Waals surface area contributed by atoms with Crippen molar-refractivity contribution in [2.24, 2.45) is 0 Å². The molecule has 0 rings (SSSR count). The maximum atomic E-state index is 2.27. The summed E-state index contributed by atoms with van der Waals surface area (Å²) >= 11 is 0. The molecule has 0 heterocycles. The monoisotopic (exact) mass is 298 g/mol. The Morgan fingerprint density at radius 3 is 0.524 bits per heavy atom. The first kappa shape index (κ1) is 23.3. The average Bonchev–Trinajstić information content (AvgIpc) is 2.51.